The van der Waals surface area contributed by atoms with Crippen molar-refractivity contribution < 1.29 is 18.0 Å². The monoisotopic (exact) mass is 471 g/mol. The number of carbonyl (C=O) groups excluding carboxylic acids is 2. The van der Waals surface area contributed by atoms with E-state index in [-0.39, 0.29) is 23.1 Å². The summed E-state index contributed by atoms with van der Waals surface area (Å²) in [6.45, 7) is 2.32. The highest BCUT2D eigenvalue weighted by Gasteiger charge is 2.28. The van der Waals surface area contributed by atoms with Crippen LogP contribution in [0.3, 0.4) is 0 Å². The van der Waals surface area contributed by atoms with E-state index in [0.717, 1.165) is 11.3 Å². The summed E-state index contributed by atoms with van der Waals surface area (Å²) in [5, 5.41) is 5.90. The average molecular weight is 472 g/mol. The summed E-state index contributed by atoms with van der Waals surface area (Å²) in [5.74, 6) is -0.428. The van der Waals surface area contributed by atoms with Crippen LogP contribution >= 0.6 is 11.3 Å². The lowest BCUT2D eigenvalue weighted by Gasteiger charge is -2.31. The number of nitrogens with zero attached hydrogens (tertiary/aromatic N) is 3. The molecule has 1 aromatic heterocycles. The van der Waals surface area contributed by atoms with Crippen molar-refractivity contribution in [2.24, 2.45) is 0 Å². The van der Waals surface area contributed by atoms with Crippen LogP contribution in [0, 0.1) is 0 Å². The second kappa shape index (κ2) is 7.93. The second-order valence-electron chi connectivity index (χ2n) is 7.91. The standard InChI is InChI=1S/C21H21N5O4S2/c1-25-6-8-26(9-7-25)32(29,30)15-3-5-17-18(12-15)31-21(23-17)24-20(28)13-2-4-16-14(10-13)11-19(27)22-16/h2-5,10,12H,6-9,11H2,1H3,(H,22,27)(H,23,24,28). The fourth-order valence-corrected chi connectivity index (χ4v) is 6.26. The van der Waals surface area contributed by atoms with Gasteiger partial charge in [-0.2, -0.15) is 4.31 Å². The Morgan fingerprint density at radius 1 is 1.12 bits per heavy atom. The third kappa shape index (κ3) is 3.88. The second-order valence-corrected chi connectivity index (χ2v) is 10.9. The molecular formula is C21H21N5O4S2. The lowest BCUT2D eigenvalue weighted by molar-refractivity contribution is -0.115. The maximum Gasteiger partial charge on any atom is 0.257 e. The van der Waals surface area contributed by atoms with Gasteiger partial charge in [0.1, 0.15) is 0 Å². The van der Waals surface area contributed by atoms with E-state index in [1.165, 1.54) is 15.6 Å². The molecule has 5 rings (SSSR count). The van der Waals surface area contributed by atoms with Crippen LogP contribution in [-0.2, 0) is 21.2 Å². The molecule has 9 nitrogen and oxygen atoms in total. The molecule has 0 radical (unpaired) electrons. The Morgan fingerprint density at radius 3 is 2.69 bits per heavy atom. The Balaban J connectivity index is 1.36. The van der Waals surface area contributed by atoms with Crippen molar-refractivity contribution in [1.29, 1.82) is 0 Å². The van der Waals surface area contributed by atoms with Gasteiger partial charge in [-0.15, -0.1) is 0 Å². The number of carbonyl (C=O) groups is 2. The number of fused-ring (bicyclic) bond motifs is 2. The molecule has 0 bridgehead atoms. The molecule has 2 aliphatic rings. The first-order valence-electron chi connectivity index (χ1n) is 10.1. The molecule has 0 saturated carbocycles. The van der Waals surface area contributed by atoms with Gasteiger partial charge in [-0.25, -0.2) is 13.4 Å². The van der Waals surface area contributed by atoms with Crippen LogP contribution in [0.25, 0.3) is 10.2 Å². The first kappa shape index (κ1) is 21.0. The molecule has 2 aliphatic heterocycles. The van der Waals surface area contributed by atoms with Gasteiger partial charge >= 0.3 is 0 Å². The van der Waals surface area contributed by atoms with E-state index in [4.69, 9.17) is 0 Å². The number of hydrogen-bond acceptors (Lipinski definition) is 7. The zero-order valence-corrected chi connectivity index (χ0v) is 18.9. The maximum atomic E-state index is 13.0. The molecule has 2 amide bonds. The fraction of sp³-hybridized carbons (Fsp3) is 0.286. The van der Waals surface area contributed by atoms with Gasteiger partial charge in [0.2, 0.25) is 15.9 Å². The minimum absolute atomic E-state index is 0.0916. The minimum atomic E-state index is -3.58. The molecule has 32 heavy (non-hydrogen) atoms. The maximum absolute atomic E-state index is 13.0. The van der Waals surface area contributed by atoms with E-state index in [1.54, 1.807) is 36.4 Å². The number of likely N-dealkylation sites (N-methyl/N-ethyl adjacent to an activating group) is 1. The predicted octanol–water partition coefficient (Wildman–Crippen LogP) is 1.98. The number of hydrogen-bond donors (Lipinski definition) is 2. The molecule has 166 valence electrons. The summed E-state index contributed by atoms with van der Waals surface area (Å²) < 4.78 is 28.2. The molecule has 0 spiro atoms. The average Bonchev–Trinajstić information content (AvgIpc) is 3.34. The summed E-state index contributed by atoms with van der Waals surface area (Å²) in [7, 11) is -1.60. The SMILES string of the molecule is CN1CCN(S(=O)(=O)c2ccc3nc(NC(=O)c4ccc5c(c4)CC(=O)N5)sc3c2)CC1. The van der Waals surface area contributed by atoms with E-state index in [1.807, 2.05) is 7.05 Å². The topological polar surface area (TPSA) is 112 Å². The quantitative estimate of drug-likeness (QED) is 0.602. The minimum Gasteiger partial charge on any atom is -0.326 e. The highest BCUT2D eigenvalue weighted by atomic mass is 32.2. The summed E-state index contributed by atoms with van der Waals surface area (Å²) in [4.78, 5) is 30.9. The van der Waals surface area contributed by atoms with Crippen LogP contribution in [0.2, 0.25) is 0 Å². The Hall–Kier alpha value is -2.86. The van der Waals surface area contributed by atoms with Crippen LogP contribution in [-0.4, -0.2) is 67.6 Å². The number of anilines is 2. The van der Waals surface area contributed by atoms with Crippen molar-refractivity contribution in [2.75, 3.05) is 43.9 Å². The lowest BCUT2D eigenvalue weighted by atomic mass is 10.1. The van der Waals surface area contributed by atoms with E-state index >= 15 is 0 Å². The van der Waals surface area contributed by atoms with Gasteiger partial charge in [-0.1, -0.05) is 11.3 Å². The molecule has 2 N–H and O–H groups in total. The van der Waals surface area contributed by atoms with Gasteiger partial charge in [0.15, 0.2) is 5.13 Å². The number of aromatic nitrogens is 1. The van der Waals surface area contributed by atoms with E-state index < -0.39 is 10.0 Å². The van der Waals surface area contributed by atoms with Crippen molar-refractivity contribution >= 4 is 54.2 Å². The van der Waals surface area contributed by atoms with Crippen molar-refractivity contribution in [2.45, 2.75) is 11.3 Å². The molecule has 11 heteroatoms. The summed E-state index contributed by atoms with van der Waals surface area (Å²) >= 11 is 1.22. The molecule has 3 heterocycles. The highest BCUT2D eigenvalue weighted by molar-refractivity contribution is 7.89. The predicted molar refractivity (Wildman–Crippen MR) is 123 cm³/mol. The van der Waals surface area contributed by atoms with Crippen LogP contribution in [0.4, 0.5) is 10.8 Å². The molecule has 1 fully saturated rings. The largest absolute Gasteiger partial charge is 0.326 e. The van der Waals surface area contributed by atoms with Gasteiger partial charge in [-0.05, 0) is 49.0 Å². The van der Waals surface area contributed by atoms with E-state index in [0.29, 0.717) is 47.1 Å². The molecule has 0 atom stereocenters. The number of thiazole rings is 1. The normalized spacial score (nSPS) is 17.3. The van der Waals surface area contributed by atoms with Crippen LogP contribution in [0.1, 0.15) is 15.9 Å². The van der Waals surface area contributed by atoms with Crippen LogP contribution in [0.5, 0.6) is 0 Å². The Labute approximate surface area is 189 Å². The Bertz CT molecular complexity index is 1340. The highest BCUT2D eigenvalue weighted by Crippen LogP contribution is 2.30. The number of rotatable bonds is 4. The van der Waals surface area contributed by atoms with Crippen molar-refractivity contribution in [1.82, 2.24) is 14.2 Å². The smallest absolute Gasteiger partial charge is 0.257 e. The fourth-order valence-electron chi connectivity index (χ4n) is 3.84. The summed E-state index contributed by atoms with van der Waals surface area (Å²) in [5.41, 5.74) is 2.55. The summed E-state index contributed by atoms with van der Waals surface area (Å²) in [6.07, 6.45) is 0.252. The molecular weight excluding hydrogens is 450 g/mol. The van der Waals surface area contributed by atoms with Crippen molar-refractivity contribution in [3.8, 4) is 0 Å². The zero-order valence-electron chi connectivity index (χ0n) is 17.3. The third-order valence-electron chi connectivity index (χ3n) is 5.67. The number of sulfonamides is 1. The van der Waals surface area contributed by atoms with E-state index in [9.17, 15) is 18.0 Å². The Morgan fingerprint density at radius 2 is 1.91 bits per heavy atom. The molecule has 1 saturated heterocycles. The number of benzene rings is 2. The molecule has 3 aromatic rings. The van der Waals surface area contributed by atoms with Crippen LogP contribution < -0.4 is 10.6 Å². The first-order valence-corrected chi connectivity index (χ1v) is 12.4. The number of amides is 2. The summed E-state index contributed by atoms with van der Waals surface area (Å²) in [6, 6.07) is 9.89. The van der Waals surface area contributed by atoms with Gasteiger partial charge in [-0.3, -0.25) is 14.9 Å². The first-order chi connectivity index (χ1) is 15.3. The third-order valence-corrected chi connectivity index (χ3v) is 8.50. The van der Waals surface area contributed by atoms with Crippen LogP contribution in [0.15, 0.2) is 41.3 Å². The molecule has 0 aliphatic carbocycles. The van der Waals surface area contributed by atoms with Gasteiger partial charge in [0.05, 0.1) is 21.5 Å². The number of piperazine rings is 1. The molecule has 2 aromatic carbocycles. The van der Waals surface area contributed by atoms with Gasteiger partial charge in [0, 0.05) is 37.4 Å². The lowest BCUT2D eigenvalue weighted by Crippen LogP contribution is -2.46. The van der Waals surface area contributed by atoms with Gasteiger partial charge < -0.3 is 10.2 Å². The Kier molecular flexibility index (Phi) is 5.20. The van der Waals surface area contributed by atoms with Gasteiger partial charge in [0.25, 0.3) is 5.91 Å². The zero-order chi connectivity index (χ0) is 22.5. The number of nitrogens with one attached hydrogen (secondary N) is 2. The van der Waals surface area contributed by atoms with Crippen molar-refractivity contribution in [3.63, 3.8) is 0 Å². The molecule has 0 unspecified atom stereocenters. The van der Waals surface area contributed by atoms with E-state index in [2.05, 4.69) is 20.5 Å². The van der Waals surface area contributed by atoms with Crippen molar-refractivity contribution in [3.05, 3.63) is 47.5 Å².